The summed E-state index contributed by atoms with van der Waals surface area (Å²) in [7, 11) is -3.17. The maximum absolute atomic E-state index is 12.2. The Bertz CT molecular complexity index is 502. The SMILES string of the molecule is CCCNC(C)CCCCS(=O)(=O)c1ccccc1Br. The van der Waals surface area contributed by atoms with Crippen LogP contribution in [-0.4, -0.2) is 26.8 Å². The maximum atomic E-state index is 12.2. The Labute approximate surface area is 131 Å². The van der Waals surface area contributed by atoms with Crippen molar-refractivity contribution in [3.63, 3.8) is 0 Å². The van der Waals surface area contributed by atoms with Crippen LogP contribution in [0.2, 0.25) is 0 Å². The molecule has 1 rings (SSSR count). The topological polar surface area (TPSA) is 46.2 Å². The third kappa shape index (κ3) is 5.94. The molecule has 0 aliphatic rings. The number of benzene rings is 1. The van der Waals surface area contributed by atoms with Crippen molar-refractivity contribution in [1.29, 1.82) is 0 Å². The number of nitrogens with one attached hydrogen (secondary N) is 1. The van der Waals surface area contributed by atoms with Gasteiger partial charge in [-0.05, 0) is 60.8 Å². The summed E-state index contributed by atoms with van der Waals surface area (Å²) in [6.45, 7) is 5.32. The van der Waals surface area contributed by atoms with Crippen molar-refractivity contribution >= 4 is 25.8 Å². The van der Waals surface area contributed by atoms with Crippen LogP contribution in [0.5, 0.6) is 0 Å². The lowest BCUT2D eigenvalue weighted by atomic mass is 10.1. The molecule has 1 aromatic rings. The summed E-state index contributed by atoms with van der Waals surface area (Å²) in [6, 6.07) is 7.47. The molecule has 1 aromatic carbocycles. The van der Waals surface area contributed by atoms with Crippen LogP contribution in [0, 0.1) is 0 Å². The summed E-state index contributed by atoms with van der Waals surface area (Å²) in [5.41, 5.74) is 0. The summed E-state index contributed by atoms with van der Waals surface area (Å²) in [6.07, 6.45) is 3.79. The molecule has 114 valence electrons. The van der Waals surface area contributed by atoms with Crippen LogP contribution < -0.4 is 5.32 Å². The first-order valence-electron chi connectivity index (χ1n) is 7.18. The second-order valence-corrected chi connectivity index (χ2v) is 8.03. The van der Waals surface area contributed by atoms with Gasteiger partial charge in [0.2, 0.25) is 0 Å². The number of hydrogen-bond acceptors (Lipinski definition) is 3. The lowest BCUT2D eigenvalue weighted by Crippen LogP contribution is -2.26. The van der Waals surface area contributed by atoms with Gasteiger partial charge in [-0.25, -0.2) is 8.42 Å². The summed E-state index contributed by atoms with van der Waals surface area (Å²) in [5.74, 6) is 0.218. The predicted octanol–water partition coefficient (Wildman–Crippen LogP) is 3.78. The summed E-state index contributed by atoms with van der Waals surface area (Å²) < 4.78 is 25.1. The fourth-order valence-electron chi connectivity index (χ4n) is 2.04. The molecule has 1 unspecified atom stereocenters. The third-order valence-electron chi connectivity index (χ3n) is 3.21. The molecule has 0 radical (unpaired) electrons. The first-order valence-corrected chi connectivity index (χ1v) is 9.62. The molecule has 0 aliphatic carbocycles. The summed E-state index contributed by atoms with van der Waals surface area (Å²) >= 11 is 3.30. The fraction of sp³-hybridized carbons (Fsp3) is 0.600. The Kier molecular flexibility index (Phi) is 7.77. The van der Waals surface area contributed by atoms with Crippen LogP contribution in [0.1, 0.15) is 39.5 Å². The van der Waals surface area contributed by atoms with Gasteiger partial charge < -0.3 is 5.32 Å². The van der Waals surface area contributed by atoms with E-state index in [1.54, 1.807) is 18.2 Å². The Morgan fingerprint density at radius 2 is 1.95 bits per heavy atom. The van der Waals surface area contributed by atoms with Gasteiger partial charge in [0.1, 0.15) is 0 Å². The molecular formula is C15H24BrNO2S. The highest BCUT2D eigenvalue weighted by molar-refractivity contribution is 9.10. The minimum absolute atomic E-state index is 0.218. The van der Waals surface area contributed by atoms with E-state index in [1.165, 1.54) is 0 Å². The van der Waals surface area contributed by atoms with E-state index in [2.05, 4.69) is 35.1 Å². The van der Waals surface area contributed by atoms with Crippen molar-refractivity contribution in [2.45, 2.75) is 50.5 Å². The van der Waals surface area contributed by atoms with Gasteiger partial charge >= 0.3 is 0 Å². The molecule has 0 spiro atoms. The molecule has 20 heavy (non-hydrogen) atoms. The Hall–Kier alpha value is -0.390. The molecular weight excluding hydrogens is 338 g/mol. The second-order valence-electron chi connectivity index (χ2n) is 5.10. The highest BCUT2D eigenvalue weighted by Crippen LogP contribution is 2.23. The normalized spacial score (nSPS) is 13.3. The van der Waals surface area contributed by atoms with E-state index in [4.69, 9.17) is 0 Å². The average Bonchev–Trinajstić information content (AvgIpc) is 2.41. The zero-order chi connectivity index (χ0) is 15.0. The molecule has 1 atom stereocenters. The predicted molar refractivity (Wildman–Crippen MR) is 87.8 cm³/mol. The maximum Gasteiger partial charge on any atom is 0.179 e. The van der Waals surface area contributed by atoms with Crippen LogP contribution in [0.4, 0.5) is 0 Å². The molecule has 0 fully saturated rings. The minimum atomic E-state index is -3.17. The number of hydrogen-bond donors (Lipinski definition) is 1. The van der Waals surface area contributed by atoms with Crippen molar-refractivity contribution in [3.8, 4) is 0 Å². The molecule has 0 bridgehead atoms. The van der Waals surface area contributed by atoms with Crippen LogP contribution >= 0.6 is 15.9 Å². The Morgan fingerprint density at radius 1 is 1.25 bits per heavy atom. The van der Waals surface area contributed by atoms with Crippen molar-refractivity contribution in [3.05, 3.63) is 28.7 Å². The first kappa shape index (κ1) is 17.7. The minimum Gasteiger partial charge on any atom is -0.314 e. The lowest BCUT2D eigenvalue weighted by Gasteiger charge is -2.12. The van der Waals surface area contributed by atoms with Crippen molar-refractivity contribution < 1.29 is 8.42 Å². The molecule has 0 saturated heterocycles. The molecule has 5 heteroatoms. The largest absolute Gasteiger partial charge is 0.314 e. The van der Waals surface area contributed by atoms with Crippen molar-refractivity contribution in [2.24, 2.45) is 0 Å². The average molecular weight is 362 g/mol. The molecule has 0 heterocycles. The Balaban J connectivity index is 2.40. The van der Waals surface area contributed by atoms with E-state index in [-0.39, 0.29) is 5.75 Å². The number of sulfone groups is 1. The van der Waals surface area contributed by atoms with Crippen molar-refractivity contribution in [2.75, 3.05) is 12.3 Å². The van der Waals surface area contributed by atoms with E-state index in [0.717, 1.165) is 25.8 Å². The molecule has 3 nitrogen and oxygen atoms in total. The van der Waals surface area contributed by atoms with E-state index in [0.29, 0.717) is 21.8 Å². The molecule has 0 amide bonds. The lowest BCUT2D eigenvalue weighted by molar-refractivity contribution is 0.494. The van der Waals surface area contributed by atoms with E-state index < -0.39 is 9.84 Å². The zero-order valence-electron chi connectivity index (χ0n) is 12.2. The molecule has 0 aliphatic heterocycles. The van der Waals surface area contributed by atoms with Gasteiger partial charge in [0.05, 0.1) is 10.6 Å². The summed E-state index contributed by atoms with van der Waals surface area (Å²) in [4.78, 5) is 0.400. The standard InChI is InChI=1S/C15H24BrNO2S/c1-3-11-17-13(2)8-6-7-12-20(18,19)15-10-5-4-9-14(15)16/h4-5,9-10,13,17H,3,6-8,11-12H2,1-2H3. The van der Waals surface area contributed by atoms with Gasteiger partial charge in [-0.3, -0.25) is 0 Å². The second kappa shape index (κ2) is 8.80. The van der Waals surface area contributed by atoms with Gasteiger partial charge in [-0.1, -0.05) is 25.5 Å². The van der Waals surface area contributed by atoms with E-state index >= 15 is 0 Å². The fourth-order valence-corrected chi connectivity index (χ4v) is 4.52. The van der Waals surface area contributed by atoms with Crippen LogP contribution in [0.3, 0.4) is 0 Å². The van der Waals surface area contributed by atoms with E-state index in [1.807, 2.05) is 6.07 Å². The quantitative estimate of drug-likeness (QED) is 0.680. The number of rotatable bonds is 9. The number of halogens is 1. The monoisotopic (exact) mass is 361 g/mol. The van der Waals surface area contributed by atoms with E-state index in [9.17, 15) is 8.42 Å². The molecule has 0 saturated carbocycles. The third-order valence-corrected chi connectivity index (χ3v) is 6.02. The highest BCUT2D eigenvalue weighted by atomic mass is 79.9. The first-order chi connectivity index (χ1) is 9.47. The van der Waals surface area contributed by atoms with Crippen LogP contribution in [0.15, 0.2) is 33.6 Å². The number of unbranched alkanes of at least 4 members (excludes halogenated alkanes) is 1. The van der Waals surface area contributed by atoms with Gasteiger partial charge in [0, 0.05) is 10.5 Å². The van der Waals surface area contributed by atoms with Crippen LogP contribution in [0.25, 0.3) is 0 Å². The molecule has 1 N–H and O–H groups in total. The zero-order valence-corrected chi connectivity index (χ0v) is 14.6. The highest BCUT2D eigenvalue weighted by Gasteiger charge is 2.16. The van der Waals surface area contributed by atoms with Crippen LogP contribution in [-0.2, 0) is 9.84 Å². The van der Waals surface area contributed by atoms with Gasteiger partial charge in [0.25, 0.3) is 0 Å². The van der Waals surface area contributed by atoms with Gasteiger partial charge in [-0.15, -0.1) is 0 Å². The summed E-state index contributed by atoms with van der Waals surface area (Å²) in [5, 5.41) is 3.41. The van der Waals surface area contributed by atoms with Gasteiger partial charge in [-0.2, -0.15) is 0 Å². The Morgan fingerprint density at radius 3 is 2.60 bits per heavy atom. The molecule has 0 aromatic heterocycles. The van der Waals surface area contributed by atoms with Gasteiger partial charge in [0.15, 0.2) is 9.84 Å². The smallest absolute Gasteiger partial charge is 0.179 e. The van der Waals surface area contributed by atoms with Crippen molar-refractivity contribution in [1.82, 2.24) is 5.32 Å².